The Morgan fingerprint density at radius 2 is 2.00 bits per heavy atom. The Morgan fingerprint density at radius 1 is 1.33 bits per heavy atom. The molecule has 0 aliphatic heterocycles. The largest absolute Gasteiger partial charge is 0.388 e. The van der Waals surface area contributed by atoms with E-state index < -0.39 is 11.5 Å². The van der Waals surface area contributed by atoms with Crippen LogP contribution in [0.25, 0.3) is 0 Å². The lowest BCUT2D eigenvalue weighted by atomic mass is 9.83. The van der Waals surface area contributed by atoms with Gasteiger partial charge < -0.3 is 10.4 Å². The number of nitrogens with zero attached hydrogens (tertiary/aromatic N) is 2. The van der Waals surface area contributed by atoms with Crippen molar-refractivity contribution in [3.05, 3.63) is 10.6 Å². The SMILES string of the molecule is O=C(NCC1(O)CCC(F)(F)CC1)c1snnc1C1CC1. The lowest BCUT2D eigenvalue weighted by Gasteiger charge is -2.35. The summed E-state index contributed by atoms with van der Waals surface area (Å²) in [5.41, 5.74) is -0.519. The molecule has 1 aromatic heterocycles. The van der Waals surface area contributed by atoms with Crippen molar-refractivity contribution in [1.82, 2.24) is 14.9 Å². The fraction of sp³-hybridized carbons (Fsp3) is 0.769. The lowest BCUT2D eigenvalue weighted by Crippen LogP contribution is -2.47. The molecule has 1 aromatic rings. The van der Waals surface area contributed by atoms with E-state index in [0.717, 1.165) is 30.1 Å². The summed E-state index contributed by atoms with van der Waals surface area (Å²) < 4.78 is 30.0. The van der Waals surface area contributed by atoms with E-state index in [0.29, 0.717) is 10.8 Å². The van der Waals surface area contributed by atoms with Crippen molar-refractivity contribution in [3.8, 4) is 0 Å². The number of rotatable bonds is 4. The summed E-state index contributed by atoms with van der Waals surface area (Å²) in [7, 11) is 0. The molecule has 3 rings (SSSR count). The molecule has 0 spiro atoms. The average molecular weight is 317 g/mol. The van der Waals surface area contributed by atoms with Crippen molar-refractivity contribution in [1.29, 1.82) is 0 Å². The molecule has 1 heterocycles. The van der Waals surface area contributed by atoms with E-state index in [1.807, 2.05) is 0 Å². The standard InChI is InChI=1S/C13H17F2N3O2S/c14-13(15)5-3-12(20,4-6-13)7-16-11(19)10-9(8-1-2-8)17-18-21-10/h8,20H,1-7H2,(H,16,19). The topological polar surface area (TPSA) is 75.1 Å². The lowest BCUT2D eigenvalue weighted by molar-refractivity contribution is -0.101. The number of carbonyl (C=O) groups is 1. The monoisotopic (exact) mass is 317 g/mol. The van der Waals surface area contributed by atoms with Gasteiger partial charge >= 0.3 is 0 Å². The van der Waals surface area contributed by atoms with E-state index >= 15 is 0 Å². The van der Waals surface area contributed by atoms with E-state index in [1.165, 1.54) is 0 Å². The molecule has 21 heavy (non-hydrogen) atoms. The Kier molecular flexibility index (Phi) is 3.69. The van der Waals surface area contributed by atoms with E-state index in [1.54, 1.807) is 0 Å². The first kappa shape index (κ1) is 14.8. The third-order valence-electron chi connectivity index (χ3n) is 4.17. The maximum atomic E-state index is 13.1. The number of aliphatic hydroxyl groups is 1. The Hall–Kier alpha value is -1.15. The summed E-state index contributed by atoms with van der Waals surface area (Å²) in [4.78, 5) is 12.6. The highest BCUT2D eigenvalue weighted by Crippen LogP contribution is 2.41. The van der Waals surface area contributed by atoms with Gasteiger partial charge in [-0.3, -0.25) is 4.79 Å². The highest BCUT2D eigenvalue weighted by molar-refractivity contribution is 7.08. The van der Waals surface area contributed by atoms with Crippen LogP contribution in [0.2, 0.25) is 0 Å². The van der Waals surface area contributed by atoms with Crippen LogP contribution in [0, 0.1) is 0 Å². The second-order valence-corrected chi connectivity index (χ2v) is 6.78. The average Bonchev–Trinajstić information content (AvgIpc) is 3.17. The number of halogens is 2. The Bertz CT molecular complexity index is 535. The van der Waals surface area contributed by atoms with Crippen molar-refractivity contribution < 1.29 is 18.7 Å². The van der Waals surface area contributed by atoms with Crippen molar-refractivity contribution in [2.45, 2.75) is 56.0 Å². The first-order valence-electron chi connectivity index (χ1n) is 7.09. The van der Waals surface area contributed by atoms with Crippen molar-refractivity contribution >= 4 is 17.4 Å². The van der Waals surface area contributed by atoms with Crippen LogP contribution in [0.3, 0.4) is 0 Å². The number of alkyl halides is 2. The minimum absolute atomic E-state index is 0.00327. The molecular formula is C13H17F2N3O2S. The zero-order valence-electron chi connectivity index (χ0n) is 11.4. The molecule has 5 nitrogen and oxygen atoms in total. The molecule has 116 valence electrons. The number of nitrogens with one attached hydrogen (secondary N) is 1. The second-order valence-electron chi connectivity index (χ2n) is 6.02. The van der Waals surface area contributed by atoms with Crippen LogP contribution >= 0.6 is 11.5 Å². The van der Waals surface area contributed by atoms with Crippen LogP contribution in [0.1, 0.15) is 59.8 Å². The summed E-state index contributed by atoms with van der Waals surface area (Å²) in [5, 5.41) is 16.9. The highest BCUT2D eigenvalue weighted by Gasteiger charge is 2.42. The summed E-state index contributed by atoms with van der Waals surface area (Å²) >= 11 is 1.04. The fourth-order valence-corrected chi connectivity index (χ4v) is 3.23. The quantitative estimate of drug-likeness (QED) is 0.891. The molecular weight excluding hydrogens is 300 g/mol. The van der Waals surface area contributed by atoms with Crippen LogP contribution in [0.5, 0.6) is 0 Å². The van der Waals surface area contributed by atoms with Crippen LogP contribution in [0.4, 0.5) is 8.78 Å². The molecule has 0 bridgehead atoms. The van der Waals surface area contributed by atoms with Crippen LogP contribution < -0.4 is 5.32 Å². The van der Waals surface area contributed by atoms with Crippen LogP contribution in [-0.2, 0) is 0 Å². The molecule has 0 atom stereocenters. The Morgan fingerprint density at radius 3 is 2.62 bits per heavy atom. The molecule has 2 aliphatic carbocycles. The fourth-order valence-electron chi connectivity index (χ4n) is 2.56. The maximum absolute atomic E-state index is 13.1. The molecule has 2 saturated carbocycles. The molecule has 0 aromatic carbocycles. The third-order valence-corrected chi connectivity index (χ3v) is 4.91. The van der Waals surface area contributed by atoms with Crippen LogP contribution in [-0.4, -0.2) is 38.7 Å². The van der Waals surface area contributed by atoms with Crippen molar-refractivity contribution in [2.24, 2.45) is 0 Å². The van der Waals surface area contributed by atoms with Gasteiger partial charge in [-0.2, -0.15) is 0 Å². The van der Waals surface area contributed by atoms with Gasteiger partial charge in [0.15, 0.2) is 0 Å². The predicted molar refractivity (Wildman–Crippen MR) is 72.6 cm³/mol. The highest BCUT2D eigenvalue weighted by atomic mass is 32.1. The van der Waals surface area contributed by atoms with Crippen molar-refractivity contribution in [2.75, 3.05) is 6.54 Å². The molecule has 1 amide bonds. The first-order valence-corrected chi connectivity index (χ1v) is 7.87. The van der Waals surface area contributed by atoms with E-state index in [-0.39, 0.29) is 38.1 Å². The molecule has 8 heteroatoms. The minimum atomic E-state index is -2.70. The third kappa shape index (κ3) is 3.37. The van der Waals surface area contributed by atoms with Gasteiger partial charge in [0.25, 0.3) is 5.91 Å². The molecule has 2 aliphatic rings. The van der Waals surface area contributed by atoms with Gasteiger partial charge in [-0.1, -0.05) is 4.49 Å². The van der Waals surface area contributed by atoms with Gasteiger partial charge in [0.2, 0.25) is 5.92 Å². The van der Waals surface area contributed by atoms with E-state index in [9.17, 15) is 18.7 Å². The number of amides is 1. The Balaban J connectivity index is 1.57. The maximum Gasteiger partial charge on any atom is 0.265 e. The second kappa shape index (κ2) is 5.24. The van der Waals surface area contributed by atoms with Gasteiger partial charge in [-0.25, -0.2) is 8.78 Å². The normalized spacial score (nSPS) is 23.8. The number of carbonyl (C=O) groups excluding carboxylic acids is 1. The molecule has 0 saturated heterocycles. The van der Waals surface area contributed by atoms with Gasteiger partial charge in [0, 0.05) is 25.3 Å². The van der Waals surface area contributed by atoms with Gasteiger partial charge in [-0.15, -0.1) is 5.10 Å². The number of hydrogen-bond donors (Lipinski definition) is 2. The predicted octanol–water partition coefficient (Wildman–Crippen LogP) is 2.09. The molecule has 0 radical (unpaired) electrons. The summed E-state index contributed by atoms with van der Waals surface area (Å²) in [6.45, 7) is -0.0100. The van der Waals surface area contributed by atoms with E-state index in [4.69, 9.17) is 0 Å². The van der Waals surface area contributed by atoms with Gasteiger partial charge in [0.05, 0.1) is 11.3 Å². The molecule has 0 unspecified atom stereocenters. The smallest absolute Gasteiger partial charge is 0.265 e. The zero-order chi connectivity index (χ0) is 15.1. The van der Waals surface area contributed by atoms with Gasteiger partial charge in [-0.05, 0) is 37.2 Å². The Labute approximate surface area is 124 Å². The first-order chi connectivity index (χ1) is 9.89. The van der Waals surface area contributed by atoms with Gasteiger partial charge in [0.1, 0.15) is 4.88 Å². The van der Waals surface area contributed by atoms with Crippen LogP contribution in [0.15, 0.2) is 0 Å². The number of aromatic nitrogens is 2. The summed E-state index contributed by atoms with van der Waals surface area (Å²) in [6, 6.07) is 0. The molecule has 2 N–H and O–H groups in total. The van der Waals surface area contributed by atoms with Crippen molar-refractivity contribution in [3.63, 3.8) is 0 Å². The van der Waals surface area contributed by atoms with E-state index in [2.05, 4.69) is 14.9 Å². The molecule has 2 fully saturated rings. The minimum Gasteiger partial charge on any atom is -0.388 e. The summed E-state index contributed by atoms with van der Waals surface area (Å²) in [5.74, 6) is -2.70. The summed E-state index contributed by atoms with van der Waals surface area (Å²) in [6.07, 6.45) is 1.35. The number of hydrogen-bond acceptors (Lipinski definition) is 5. The zero-order valence-corrected chi connectivity index (χ0v) is 12.3.